The molecule has 0 fully saturated rings. The number of hydrogen-bond donors (Lipinski definition) is 2. The molecule has 0 spiro atoms. The molecule has 0 rings (SSSR count). The summed E-state index contributed by atoms with van der Waals surface area (Å²) in [5.74, 6) is 1.65. The van der Waals surface area contributed by atoms with E-state index < -0.39 is 0 Å². The van der Waals surface area contributed by atoms with Crippen LogP contribution in [0.2, 0.25) is 0 Å². The molecule has 0 aliphatic rings. The molecule has 4 N–H and O–H groups in total. The number of nitrogens with two attached hydrogens (primary N) is 2. The fraction of sp³-hybridized carbons (Fsp3) is 0.905. The monoisotopic (exact) mass is 324 g/mol. The molecule has 0 aromatic carbocycles. The normalized spacial score (nSPS) is 14.0. The molecule has 2 nitrogen and oxygen atoms in total. The van der Waals surface area contributed by atoms with Crippen LogP contribution in [0, 0.1) is 11.8 Å². The Kier molecular flexibility index (Phi) is 15.0. The Morgan fingerprint density at radius 3 is 2.00 bits per heavy atom. The highest BCUT2D eigenvalue weighted by atomic mass is 14.8. The van der Waals surface area contributed by atoms with Gasteiger partial charge in [0.05, 0.1) is 6.17 Å². The van der Waals surface area contributed by atoms with Gasteiger partial charge in [-0.1, -0.05) is 83.3 Å². The van der Waals surface area contributed by atoms with Gasteiger partial charge in [-0.15, -0.1) is 0 Å². The van der Waals surface area contributed by atoms with Crippen LogP contribution in [0.1, 0.15) is 105 Å². The maximum atomic E-state index is 5.61. The number of hydrogen-bond acceptors (Lipinski definition) is 2. The third kappa shape index (κ3) is 16.3. The molecule has 0 radical (unpaired) electrons. The van der Waals surface area contributed by atoms with E-state index in [2.05, 4.69) is 33.8 Å². The van der Waals surface area contributed by atoms with E-state index in [1.54, 1.807) is 0 Å². The molecule has 2 atom stereocenters. The minimum atomic E-state index is -0.128. The van der Waals surface area contributed by atoms with E-state index in [1.165, 1.54) is 76.2 Å². The van der Waals surface area contributed by atoms with Crippen molar-refractivity contribution in [1.82, 2.24) is 0 Å². The molecule has 0 aliphatic carbocycles. The van der Waals surface area contributed by atoms with E-state index in [-0.39, 0.29) is 6.17 Å². The molecular weight excluding hydrogens is 280 g/mol. The van der Waals surface area contributed by atoms with Gasteiger partial charge in [0.1, 0.15) is 0 Å². The molecule has 0 saturated carbocycles. The highest BCUT2D eigenvalue weighted by Gasteiger charge is 2.09. The van der Waals surface area contributed by atoms with E-state index in [9.17, 15) is 0 Å². The van der Waals surface area contributed by atoms with Gasteiger partial charge < -0.3 is 11.5 Å². The standard InChI is InChI=1S/C21H44N2/c1-5-6-7-9-12-19(4)15-16-20(17-18(2)3)13-10-8-11-14-21(22)23/h17,19-21H,5-16,22-23H2,1-4H3. The minimum absolute atomic E-state index is 0.128. The van der Waals surface area contributed by atoms with Gasteiger partial charge in [-0.2, -0.15) is 0 Å². The van der Waals surface area contributed by atoms with E-state index >= 15 is 0 Å². The van der Waals surface area contributed by atoms with E-state index in [1.807, 2.05) is 0 Å². The molecule has 0 amide bonds. The van der Waals surface area contributed by atoms with Crippen molar-refractivity contribution in [1.29, 1.82) is 0 Å². The van der Waals surface area contributed by atoms with Crippen LogP contribution in [-0.2, 0) is 0 Å². The molecule has 23 heavy (non-hydrogen) atoms. The molecule has 0 heterocycles. The zero-order valence-electron chi connectivity index (χ0n) is 16.4. The molecule has 2 unspecified atom stereocenters. The molecule has 138 valence electrons. The predicted octanol–water partition coefficient (Wildman–Crippen LogP) is 6.15. The maximum Gasteiger partial charge on any atom is 0.0520 e. The second-order valence-electron chi connectivity index (χ2n) is 7.84. The van der Waals surface area contributed by atoms with Crippen molar-refractivity contribution in [2.24, 2.45) is 23.3 Å². The van der Waals surface area contributed by atoms with Crippen LogP contribution in [0.3, 0.4) is 0 Å². The Morgan fingerprint density at radius 1 is 0.783 bits per heavy atom. The lowest BCUT2D eigenvalue weighted by Gasteiger charge is -2.17. The SMILES string of the molecule is CCCCCCC(C)CCC(C=C(C)C)CCCCCC(N)N. The third-order valence-electron chi connectivity index (χ3n) is 4.76. The van der Waals surface area contributed by atoms with Gasteiger partial charge >= 0.3 is 0 Å². The number of allylic oxidation sites excluding steroid dienone is 2. The Hall–Kier alpha value is -0.340. The van der Waals surface area contributed by atoms with Crippen molar-refractivity contribution in [2.75, 3.05) is 0 Å². The fourth-order valence-electron chi connectivity index (χ4n) is 3.31. The first kappa shape index (κ1) is 22.7. The van der Waals surface area contributed by atoms with Gasteiger partial charge in [0, 0.05) is 0 Å². The quantitative estimate of drug-likeness (QED) is 0.216. The third-order valence-corrected chi connectivity index (χ3v) is 4.76. The highest BCUT2D eigenvalue weighted by molar-refractivity contribution is 4.97. The molecule has 0 bridgehead atoms. The van der Waals surface area contributed by atoms with Crippen molar-refractivity contribution in [3.63, 3.8) is 0 Å². The zero-order valence-corrected chi connectivity index (χ0v) is 16.4. The molecule has 0 aliphatic heterocycles. The second-order valence-corrected chi connectivity index (χ2v) is 7.84. The highest BCUT2D eigenvalue weighted by Crippen LogP contribution is 2.24. The van der Waals surface area contributed by atoms with Crippen molar-refractivity contribution >= 4 is 0 Å². The summed E-state index contributed by atoms with van der Waals surface area (Å²) in [6, 6.07) is 0. The van der Waals surface area contributed by atoms with Gasteiger partial charge in [-0.25, -0.2) is 0 Å². The van der Waals surface area contributed by atoms with Gasteiger partial charge in [0.2, 0.25) is 0 Å². The van der Waals surface area contributed by atoms with Crippen LogP contribution < -0.4 is 11.5 Å². The summed E-state index contributed by atoms with van der Waals surface area (Å²) < 4.78 is 0. The Bertz CT molecular complexity index is 280. The number of unbranched alkanes of at least 4 members (excludes halogenated alkanes) is 5. The molecular formula is C21H44N2. The van der Waals surface area contributed by atoms with Crippen LogP contribution in [0.25, 0.3) is 0 Å². The Balaban J connectivity index is 3.93. The summed E-state index contributed by atoms with van der Waals surface area (Å²) in [4.78, 5) is 0. The van der Waals surface area contributed by atoms with E-state index in [0.29, 0.717) is 0 Å². The average Bonchev–Trinajstić information content (AvgIpc) is 2.47. The molecule has 0 aromatic heterocycles. The smallest absolute Gasteiger partial charge is 0.0520 e. The Labute approximate surface area is 146 Å². The van der Waals surface area contributed by atoms with Crippen molar-refractivity contribution in [3.05, 3.63) is 11.6 Å². The zero-order chi connectivity index (χ0) is 17.5. The van der Waals surface area contributed by atoms with Gasteiger partial charge in [0.15, 0.2) is 0 Å². The van der Waals surface area contributed by atoms with Crippen LogP contribution in [-0.4, -0.2) is 6.17 Å². The maximum absolute atomic E-state index is 5.61. The van der Waals surface area contributed by atoms with Crippen molar-refractivity contribution in [3.8, 4) is 0 Å². The van der Waals surface area contributed by atoms with Crippen LogP contribution in [0.15, 0.2) is 11.6 Å². The fourth-order valence-corrected chi connectivity index (χ4v) is 3.31. The lowest BCUT2D eigenvalue weighted by molar-refractivity contribution is 0.396. The minimum Gasteiger partial charge on any atom is -0.316 e. The average molecular weight is 325 g/mol. The molecule has 0 saturated heterocycles. The van der Waals surface area contributed by atoms with Crippen molar-refractivity contribution in [2.45, 2.75) is 111 Å². The summed E-state index contributed by atoms with van der Waals surface area (Å²) in [5, 5.41) is 0. The summed E-state index contributed by atoms with van der Waals surface area (Å²) in [6.45, 7) is 9.19. The first-order valence-corrected chi connectivity index (χ1v) is 10.1. The Morgan fingerprint density at radius 2 is 1.39 bits per heavy atom. The van der Waals surface area contributed by atoms with Crippen LogP contribution in [0.5, 0.6) is 0 Å². The first-order valence-electron chi connectivity index (χ1n) is 10.1. The summed E-state index contributed by atoms with van der Waals surface area (Å²) in [7, 11) is 0. The van der Waals surface area contributed by atoms with Crippen LogP contribution >= 0.6 is 0 Å². The molecule has 0 aromatic rings. The molecule has 2 heteroatoms. The summed E-state index contributed by atoms with van der Waals surface area (Å²) in [6.07, 6.45) is 18.1. The van der Waals surface area contributed by atoms with E-state index in [0.717, 1.165) is 18.3 Å². The van der Waals surface area contributed by atoms with Gasteiger partial charge in [0.25, 0.3) is 0 Å². The summed E-state index contributed by atoms with van der Waals surface area (Å²) >= 11 is 0. The van der Waals surface area contributed by atoms with E-state index in [4.69, 9.17) is 11.5 Å². The van der Waals surface area contributed by atoms with Gasteiger partial charge in [-0.3, -0.25) is 0 Å². The predicted molar refractivity (Wildman–Crippen MR) is 105 cm³/mol. The topological polar surface area (TPSA) is 52.0 Å². The second kappa shape index (κ2) is 15.2. The van der Waals surface area contributed by atoms with Crippen molar-refractivity contribution < 1.29 is 0 Å². The summed E-state index contributed by atoms with van der Waals surface area (Å²) in [5.41, 5.74) is 12.7. The largest absolute Gasteiger partial charge is 0.316 e. The van der Waals surface area contributed by atoms with Crippen LogP contribution in [0.4, 0.5) is 0 Å². The lowest BCUT2D eigenvalue weighted by atomic mass is 9.89. The lowest BCUT2D eigenvalue weighted by Crippen LogP contribution is -2.29. The number of rotatable bonds is 15. The first-order chi connectivity index (χ1) is 11.0. The van der Waals surface area contributed by atoms with Gasteiger partial charge in [-0.05, 0) is 44.9 Å².